The van der Waals surface area contributed by atoms with E-state index in [0.717, 1.165) is 13.1 Å². The summed E-state index contributed by atoms with van der Waals surface area (Å²) in [6.07, 6.45) is 1.95. The van der Waals surface area contributed by atoms with Crippen LogP contribution in [0.15, 0.2) is 18.2 Å². The highest BCUT2D eigenvalue weighted by Crippen LogP contribution is 2.27. The first-order chi connectivity index (χ1) is 8.65. The van der Waals surface area contributed by atoms with Crippen LogP contribution in [0.1, 0.15) is 12.8 Å². The van der Waals surface area contributed by atoms with Crippen molar-refractivity contribution in [3.63, 3.8) is 0 Å². The Hall–Kier alpha value is -0.480. The number of nitrogens with zero attached hydrogens (tertiary/aromatic N) is 1. The maximum Gasteiger partial charge on any atom is 0.138 e. The van der Waals surface area contributed by atoms with Crippen LogP contribution in [-0.4, -0.2) is 42.4 Å². The highest BCUT2D eigenvalue weighted by molar-refractivity contribution is 6.35. The van der Waals surface area contributed by atoms with Gasteiger partial charge in [-0.1, -0.05) is 23.2 Å². The Morgan fingerprint density at radius 2 is 2.00 bits per heavy atom. The van der Waals surface area contributed by atoms with Gasteiger partial charge in [-0.15, -0.1) is 0 Å². The first-order valence-corrected chi connectivity index (χ1v) is 6.89. The number of hydrogen-bond donors (Lipinski definition) is 1. The predicted octanol–water partition coefficient (Wildman–Crippen LogP) is 2.83. The van der Waals surface area contributed by atoms with Gasteiger partial charge in [0.1, 0.15) is 18.5 Å². The number of ether oxygens (including phenoxy) is 1. The van der Waals surface area contributed by atoms with Crippen LogP contribution < -0.4 is 4.74 Å². The molecule has 1 aromatic carbocycles. The summed E-state index contributed by atoms with van der Waals surface area (Å²) in [6.45, 7) is 3.04. The molecule has 0 spiro atoms. The van der Waals surface area contributed by atoms with Crippen molar-refractivity contribution in [2.45, 2.75) is 18.9 Å². The molecule has 0 unspecified atom stereocenters. The smallest absolute Gasteiger partial charge is 0.138 e. The van der Waals surface area contributed by atoms with Crippen LogP contribution >= 0.6 is 23.2 Å². The monoisotopic (exact) mass is 289 g/mol. The summed E-state index contributed by atoms with van der Waals surface area (Å²) in [4.78, 5) is 2.25. The molecule has 1 aliphatic heterocycles. The van der Waals surface area contributed by atoms with E-state index in [1.54, 1.807) is 18.2 Å². The van der Waals surface area contributed by atoms with Gasteiger partial charge in [-0.3, -0.25) is 0 Å². The van der Waals surface area contributed by atoms with Gasteiger partial charge in [0.2, 0.25) is 0 Å². The molecule has 100 valence electrons. The van der Waals surface area contributed by atoms with Crippen molar-refractivity contribution in [1.29, 1.82) is 0 Å². The van der Waals surface area contributed by atoms with E-state index in [1.165, 1.54) is 12.8 Å². The lowest BCUT2D eigenvalue weighted by molar-refractivity contribution is 0.0759. The largest absolute Gasteiger partial charge is 0.489 e. The van der Waals surface area contributed by atoms with Crippen molar-refractivity contribution in [3.05, 3.63) is 28.2 Å². The second kappa shape index (κ2) is 6.62. The number of rotatable bonds is 5. The normalized spacial score (nSPS) is 17.9. The Morgan fingerprint density at radius 1 is 1.28 bits per heavy atom. The van der Waals surface area contributed by atoms with Crippen LogP contribution in [0.4, 0.5) is 0 Å². The third kappa shape index (κ3) is 4.02. The quantitative estimate of drug-likeness (QED) is 0.905. The van der Waals surface area contributed by atoms with Crippen LogP contribution in [0, 0.1) is 0 Å². The number of hydrogen-bond acceptors (Lipinski definition) is 3. The lowest BCUT2D eigenvalue weighted by atomic mass is 10.3. The van der Waals surface area contributed by atoms with Gasteiger partial charge in [0.05, 0.1) is 5.02 Å². The summed E-state index contributed by atoms with van der Waals surface area (Å²) in [5, 5.41) is 10.9. The SMILES string of the molecule is O[C@H](COc1ccc(Cl)cc1Cl)CN1CCCC1. The van der Waals surface area contributed by atoms with Crippen LogP contribution in [0.3, 0.4) is 0 Å². The Balaban J connectivity index is 1.79. The summed E-state index contributed by atoms with van der Waals surface area (Å²) < 4.78 is 5.50. The molecule has 1 aromatic rings. The summed E-state index contributed by atoms with van der Waals surface area (Å²) in [5.41, 5.74) is 0. The average molecular weight is 290 g/mol. The van der Waals surface area contributed by atoms with Crippen molar-refractivity contribution < 1.29 is 9.84 Å². The van der Waals surface area contributed by atoms with E-state index in [1.807, 2.05) is 0 Å². The molecule has 0 bridgehead atoms. The maximum atomic E-state index is 9.88. The van der Waals surface area contributed by atoms with Gasteiger partial charge in [0.15, 0.2) is 0 Å². The van der Waals surface area contributed by atoms with Gasteiger partial charge in [-0.2, -0.15) is 0 Å². The molecule has 2 rings (SSSR count). The molecule has 5 heteroatoms. The molecule has 0 radical (unpaired) electrons. The van der Waals surface area contributed by atoms with Crippen molar-refractivity contribution >= 4 is 23.2 Å². The molecule has 0 aliphatic carbocycles. The summed E-state index contributed by atoms with van der Waals surface area (Å²) in [6, 6.07) is 5.06. The Bertz CT molecular complexity index is 395. The maximum absolute atomic E-state index is 9.88. The van der Waals surface area contributed by atoms with Gasteiger partial charge < -0.3 is 14.7 Å². The number of aliphatic hydroxyl groups is 1. The van der Waals surface area contributed by atoms with Crippen molar-refractivity contribution in [2.24, 2.45) is 0 Å². The molecule has 1 saturated heterocycles. The van der Waals surface area contributed by atoms with E-state index in [9.17, 15) is 5.11 Å². The molecule has 3 nitrogen and oxygen atoms in total. The summed E-state index contributed by atoms with van der Waals surface area (Å²) in [7, 11) is 0. The van der Waals surface area contributed by atoms with Crippen molar-refractivity contribution in [2.75, 3.05) is 26.2 Å². The molecule has 1 atom stereocenters. The van der Waals surface area contributed by atoms with Gasteiger partial charge in [-0.25, -0.2) is 0 Å². The van der Waals surface area contributed by atoms with Gasteiger partial charge in [0.25, 0.3) is 0 Å². The predicted molar refractivity (Wildman–Crippen MR) is 73.6 cm³/mol. The fraction of sp³-hybridized carbons (Fsp3) is 0.538. The molecule has 1 N–H and O–H groups in total. The van der Waals surface area contributed by atoms with E-state index < -0.39 is 6.10 Å². The highest BCUT2D eigenvalue weighted by Gasteiger charge is 2.16. The zero-order chi connectivity index (χ0) is 13.0. The van der Waals surface area contributed by atoms with Gasteiger partial charge >= 0.3 is 0 Å². The fourth-order valence-corrected chi connectivity index (χ4v) is 2.56. The minimum absolute atomic E-state index is 0.248. The van der Waals surface area contributed by atoms with Crippen molar-refractivity contribution in [1.82, 2.24) is 4.90 Å². The van der Waals surface area contributed by atoms with E-state index in [4.69, 9.17) is 27.9 Å². The van der Waals surface area contributed by atoms with E-state index in [-0.39, 0.29) is 6.61 Å². The third-order valence-corrected chi connectivity index (χ3v) is 3.52. The molecule has 0 saturated carbocycles. The lowest BCUT2D eigenvalue weighted by Gasteiger charge is -2.19. The molecule has 0 amide bonds. The van der Waals surface area contributed by atoms with E-state index in [2.05, 4.69) is 4.90 Å². The van der Waals surface area contributed by atoms with E-state index in [0.29, 0.717) is 22.3 Å². The Labute approximate surface area is 117 Å². The first kappa shape index (κ1) is 13.9. The Morgan fingerprint density at radius 3 is 2.67 bits per heavy atom. The second-order valence-electron chi connectivity index (χ2n) is 4.55. The van der Waals surface area contributed by atoms with Crippen LogP contribution in [-0.2, 0) is 0 Å². The molecule has 0 aromatic heterocycles. The van der Waals surface area contributed by atoms with Gasteiger partial charge in [0, 0.05) is 11.6 Å². The van der Waals surface area contributed by atoms with Crippen LogP contribution in [0.25, 0.3) is 0 Å². The molecule has 18 heavy (non-hydrogen) atoms. The summed E-state index contributed by atoms with van der Waals surface area (Å²) in [5.74, 6) is 0.557. The highest BCUT2D eigenvalue weighted by atomic mass is 35.5. The molecule has 1 fully saturated rings. The average Bonchev–Trinajstić information content (AvgIpc) is 2.80. The molecular formula is C13H17Cl2NO2. The fourth-order valence-electron chi connectivity index (χ4n) is 2.09. The van der Waals surface area contributed by atoms with Crippen LogP contribution in [0.5, 0.6) is 5.75 Å². The number of halogens is 2. The second-order valence-corrected chi connectivity index (χ2v) is 5.39. The minimum Gasteiger partial charge on any atom is -0.489 e. The summed E-state index contributed by atoms with van der Waals surface area (Å²) >= 11 is 11.8. The number of benzene rings is 1. The Kier molecular flexibility index (Phi) is 5.13. The topological polar surface area (TPSA) is 32.7 Å². The minimum atomic E-state index is -0.491. The molecular weight excluding hydrogens is 273 g/mol. The number of β-amino-alcohol motifs (C(OH)–C–C–N with tert-alkyl or cyclic N) is 1. The zero-order valence-corrected chi connectivity index (χ0v) is 11.6. The standard InChI is InChI=1S/C13H17Cl2NO2/c14-10-3-4-13(12(15)7-10)18-9-11(17)8-16-5-1-2-6-16/h3-4,7,11,17H,1-2,5-6,8-9H2/t11-/m0/s1. The van der Waals surface area contributed by atoms with Crippen molar-refractivity contribution in [3.8, 4) is 5.75 Å². The lowest BCUT2D eigenvalue weighted by Crippen LogP contribution is -2.33. The third-order valence-electron chi connectivity index (χ3n) is 2.99. The number of likely N-dealkylation sites (tertiary alicyclic amines) is 1. The first-order valence-electron chi connectivity index (χ1n) is 6.13. The molecule has 1 heterocycles. The van der Waals surface area contributed by atoms with Gasteiger partial charge in [-0.05, 0) is 44.1 Å². The number of aliphatic hydroxyl groups excluding tert-OH is 1. The zero-order valence-electron chi connectivity index (χ0n) is 10.1. The van der Waals surface area contributed by atoms with Crippen LogP contribution in [0.2, 0.25) is 10.0 Å². The van der Waals surface area contributed by atoms with E-state index >= 15 is 0 Å². The molecule has 1 aliphatic rings.